The first-order valence-electron chi connectivity index (χ1n) is 9.66. The van der Waals surface area contributed by atoms with Crippen LogP contribution < -0.4 is 4.74 Å². The van der Waals surface area contributed by atoms with E-state index in [0.717, 1.165) is 44.3 Å². The summed E-state index contributed by atoms with van der Waals surface area (Å²) in [4.78, 5) is 0. The maximum Gasteiger partial charge on any atom is 0.251 e. The maximum absolute atomic E-state index is 14.7. The molecular weight excluding hydrogens is 318 g/mol. The van der Waals surface area contributed by atoms with Gasteiger partial charge in [-0.05, 0) is 80.4 Å². The molecule has 0 spiro atoms. The molecule has 0 saturated heterocycles. The number of hydrogen-bond donors (Lipinski definition) is 0. The average molecular weight is 348 g/mol. The zero-order valence-corrected chi connectivity index (χ0v) is 15.2. The number of allylic oxidation sites excluding steroid dienone is 1. The average Bonchev–Trinajstić information content (AvgIpc) is 2.62. The molecule has 0 bridgehead atoms. The van der Waals surface area contributed by atoms with Crippen molar-refractivity contribution in [3.05, 3.63) is 42.5 Å². The molecule has 1 aromatic rings. The highest BCUT2D eigenvalue weighted by molar-refractivity contribution is 5.29. The van der Waals surface area contributed by atoms with E-state index in [-0.39, 0.29) is 18.3 Å². The van der Waals surface area contributed by atoms with Crippen molar-refractivity contribution in [2.75, 3.05) is 7.11 Å². The van der Waals surface area contributed by atoms with Gasteiger partial charge in [0.05, 0.1) is 7.11 Å². The van der Waals surface area contributed by atoms with Crippen molar-refractivity contribution in [3.63, 3.8) is 0 Å². The summed E-state index contributed by atoms with van der Waals surface area (Å²) in [6, 6.07) is 8.24. The quantitative estimate of drug-likeness (QED) is 0.545. The van der Waals surface area contributed by atoms with Gasteiger partial charge in [-0.1, -0.05) is 18.2 Å². The molecular formula is C22H30F2O. The van der Waals surface area contributed by atoms with Crippen LogP contribution in [0.1, 0.15) is 62.8 Å². The molecule has 0 N–H and O–H groups in total. The van der Waals surface area contributed by atoms with E-state index in [1.54, 1.807) is 13.2 Å². The third kappa shape index (κ3) is 4.24. The predicted molar refractivity (Wildman–Crippen MR) is 98.3 cm³/mol. The molecule has 0 aromatic heterocycles. The van der Waals surface area contributed by atoms with Gasteiger partial charge in [-0.2, -0.15) is 0 Å². The molecule has 0 aliphatic heterocycles. The monoisotopic (exact) mass is 348 g/mol. The number of alkyl halides is 2. The molecule has 2 aliphatic carbocycles. The van der Waals surface area contributed by atoms with Gasteiger partial charge < -0.3 is 4.74 Å². The van der Waals surface area contributed by atoms with Crippen LogP contribution in [0.4, 0.5) is 8.78 Å². The summed E-state index contributed by atoms with van der Waals surface area (Å²) in [5.41, 5.74) is 1.32. The number of hydrogen-bond acceptors (Lipinski definition) is 1. The lowest BCUT2D eigenvalue weighted by Crippen LogP contribution is -2.41. The summed E-state index contributed by atoms with van der Waals surface area (Å²) in [5, 5.41) is 0. The lowest BCUT2D eigenvalue weighted by atomic mass is 9.66. The van der Waals surface area contributed by atoms with Crippen LogP contribution in [0.15, 0.2) is 36.9 Å². The highest BCUT2D eigenvalue weighted by Crippen LogP contribution is 2.50. The first-order chi connectivity index (χ1) is 12.0. The number of halogens is 2. The van der Waals surface area contributed by atoms with Gasteiger partial charge in [0.1, 0.15) is 5.75 Å². The smallest absolute Gasteiger partial charge is 0.251 e. The highest BCUT2D eigenvalue weighted by Gasteiger charge is 2.48. The fourth-order valence-electron chi connectivity index (χ4n) is 5.01. The Kier molecular flexibility index (Phi) is 5.81. The van der Waals surface area contributed by atoms with E-state index in [1.165, 1.54) is 5.56 Å². The molecule has 1 nitrogen and oxygen atoms in total. The topological polar surface area (TPSA) is 9.23 Å². The minimum atomic E-state index is -2.50. The zero-order valence-electron chi connectivity index (χ0n) is 15.2. The molecule has 2 atom stereocenters. The Bertz CT molecular complexity index is 558. The molecule has 25 heavy (non-hydrogen) atoms. The molecule has 0 heterocycles. The number of methoxy groups -OCH3 is 1. The normalized spacial score (nSPS) is 32.1. The van der Waals surface area contributed by atoms with Gasteiger partial charge in [0.15, 0.2) is 0 Å². The maximum atomic E-state index is 14.7. The summed E-state index contributed by atoms with van der Waals surface area (Å²) in [6.45, 7) is 3.71. The van der Waals surface area contributed by atoms with Crippen LogP contribution >= 0.6 is 0 Å². The minimum Gasteiger partial charge on any atom is -0.497 e. The molecule has 0 amide bonds. The van der Waals surface area contributed by atoms with Crippen LogP contribution in [0.5, 0.6) is 5.75 Å². The third-order valence-corrected chi connectivity index (χ3v) is 6.42. The first-order valence-corrected chi connectivity index (χ1v) is 9.66. The molecule has 3 heteroatoms. The van der Waals surface area contributed by atoms with E-state index in [0.29, 0.717) is 12.3 Å². The van der Waals surface area contributed by atoms with E-state index in [1.807, 2.05) is 12.1 Å². The molecule has 2 fully saturated rings. The fraction of sp³-hybridized carbons (Fsp3) is 0.636. The molecule has 2 saturated carbocycles. The Morgan fingerprint density at radius 1 is 1.08 bits per heavy atom. The lowest BCUT2D eigenvalue weighted by molar-refractivity contribution is -0.126. The van der Waals surface area contributed by atoms with Gasteiger partial charge in [-0.15, -0.1) is 6.58 Å². The predicted octanol–water partition coefficient (Wildman–Crippen LogP) is 6.60. The van der Waals surface area contributed by atoms with Crippen LogP contribution in [0.2, 0.25) is 0 Å². The second-order valence-electron chi connectivity index (χ2n) is 7.92. The van der Waals surface area contributed by atoms with Crippen molar-refractivity contribution in [2.24, 2.45) is 17.8 Å². The van der Waals surface area contributed by atoms with Gasteiger partial charge in [0.25, 0.3) is 5.92 Å². The van der Waals surface area contributed by atoms with Crippen molar-refractivity contribution < 1.29 is 13.5 Å². The Labute approximate surface area is 150 Å². The van der Waals surface area contributed by atoms with Gasteiger partial charge in [0, 0.05) is 12.3 Å². The Morgan fingerprint density at radius 3 is 2.32 bits per heavy atom. The summed E-state index contributed by atoms with van der Waals surface area (Å²) in [6.07, 6.45) is 8.12. The van der Waals surface area contributed by atoms with Crippen LogP contribution in [-0.2, 0) is 0 Å². The van der Waals surface area contributed by atoms with Gasteiger partial charge in [0.2, 0.25) is 0 Å². The molecule has 138 valence electrons. The second kappa shape index (κ2) is 7.88. The summed E-state index contributed by atoms with van der Waals surface area (Å²) >= 11 is 0. The largest absolute Gasteiger partial charge is 0.497 e. The third-order valence-electron chi connectivity index (χ3n) is 6.42. The van der Waals surface area contributed by atoms with Crippen molar-refractivity contribution in [2.45, 2.75) is 63.2 Å². The molecule has 3 rings (SSSR count). The van der Waals surface area contributed by atoms with Gasteiger partial charge >= 0.3 is 0 Å². The number of benzene rings is 1. The number of ether oxygens (including phenoxy) is 1. The Morgan fingerprint density at radius 2 is 1.76 bits per heavy atom. The van der Waals surface area contributed by atoms with Crippen molar-refractivity contribution in [1.29, 1.82) is 0 Å². The van der Waals surface area contributed by atoms with Crippen LogP contribution in [0.3, 0.4) is 0 Å². The molecule has 1 aromatic carbocycles. The molecule has 2 aliphatic rings. The Hall–Kier alpha value is -1.38. The van der Waals surface area contributed by atoms with Gasteiger partial charge in [-0.25, -0.2) is 8.78 Å². The SMILES string of the molecule is C=CCC1CCC(C2CCC(c3ccc(OC)cc3)CC2)C(F)(F)C1. The van der Waals surface area contributed by atoms with Crippen LogP contribution in [0.25, 0.3) is 0 Å². The summed E-state index contributed by atoms with van der Waals surface area (Å²) < 4.78 is 34.6. The van der Waals surface area contributed by atoms with E-state index in [4.69, 9.17) is 4.74 Å². The van der Waals surface area contributed by atoms with Crippen LogP contribution in [0, 0.1) is 17.8 Å². The van der Waals surface area contributed by atoms with E-state index < -0.39 is 11.8 Å². The number of rotatable bonds is 5. The van der Waals surface area contributed by atoms with Crippen molar-refractivity contribution in [1.82, 2.24) is 0 Å². The summed E-state index contributed by atoms with van der Waals surface area (Å²) in [7, 11) is 1.67. The Balaban J connectivity index is 1.57. The van der Waals surface area contributed by atoms with E-state index in [9.17, 15) is 8.78 Å². The molecule has 0 radical (unpaired) electrons. The van der Waals surface area contributed by atoms with E-state index in [2.05, 4.69) is 18.7 Å². The summed E-state index contributed by atoms with van der Waals surface area (Å²) in [5.74, 6) is -1.22. The highest BCUT2D eigenvalue weighted by atomic mass is 19.3. The van der Waals surface area contributed by atoms with E-state index >= 15 is 0 Å². The van der Waals surface area contributed by atoms with Crippen LogP contribution in [-0.4, -0.2) is 13.0 Å². The van der Waals surface area contributed by atoms with Gasteiger partial charge in [-0.3, -0.25) is 0 Å². The fourth-order valence-corrected chi connectivity index (χ4v) is 5.01. The molecule has 2 unspecified atom stereocenters. The minimum absolute atomic E-state index is 0.0576. The lowest BCUT2D eigenvalue weighted by Gasteiger charge is -2.42. The first kappa shape index (κ1) is 18.4. The van der Waals surface area contributed by atoms with Crippen molar-refractivity contribution in [3.8, 4) is 5.75 Å². The second-order valence-corrected chi connectivity index (χ2v) is 7.92. The standard InChI is InChI=1S/C22H30F2O/c1-3-4-16-5-14-21(22(23,24)15-16)19-8-6-17(7-9-19)18-10-12-20(25-2)13-11-18/h3,10-13,16-17,19,21H,1,4-9,14-15H2,2H3. The zero-order chi connectivity index (χ0) is 17.9. The van der Waals surface area contributed by atoms with Crippen molar-refractivity contribution >= 4 is 0 Å².